The van der Waals surface area contributed by atoms with Crippen molar-refractivity contribution in [2.45, 2.75) is 12.3 Å². The third kappa shape index (κ3) is 3.34. The number of nitro groups is 1. The van der Waals surface area contributed by atoms with Crippen LogP contribution in [-0.2, 0) is 0 Å². The van der Waals surface area contributed by atoms with E-state index in [0.717, 1.165) is 37.7 Å². The van der Waals surface area contributed by atoms with E-state index >= 15 is 0 Å². The van der Waals surface area contributed by atoms with Gasteiger partial charge in [0.2, 0.25) is 0 Å². The average Bonchev–Trinajstić information content (AvgIpc) is 2.78. The number of benzene rings is 4. The fourth-order valence-corrected chi connectivity index (χ4v) is 4.33. The predicted molar refractivity (Wildman–Crippen MR) is 120 cm³/mol. The maximum atomic E-state index is 11.0. The van der Waals surface area contributed by atoms with Crippen molar-refractivity contribution in [2.24, 2.45) is 0 Å². The Kier molecular flexibility index (Phi) is 4.73. The van der Waals surface area contributed by atoms with E-state index in [1.54, 1.807) is 12.1 Å². The first-order chi connectivity index (χ1) is 14.6. The van der Waals surface area contributed by atoms with Gasteiger partial charge < -0.3 is 4.74 Å². The lowest BCUT2D eigenvalue weighted by Crippen LogP contribution is -2.35. The van der Waals surface area contributed by atoms with E-state index in [2.05, 4.69) is 57.6 Å². The Morgan fingerprint density at radius 1 is 0.900 bits per heavy atom. The van der Waals surface area contributed by atoms with Gasteiger partial charge in [0.15, 0.2) is 6.23 Å². The molecule has 4 aromatic rings. The molecule has 0 unspecified atom stereocenters. The van der Waals surface area contributed by atoms with Crippen LogP contribution in [0.5, 0.6) is 5.75 Å². The minimum atomic E-state index is -0.437. The normalized spacial score (nSPS) is 17.9. The lowest BCUT2D eigenvalue weighted by atomic mass is 9.93. The Hall–Kier alpha value is -3.22. The second kappa shape index (κ2) is 7.55. The number of non-ortho nitro benzene ring substituents is 1. The Labute approximate surface area is 181 Å². The van der Waals surface area contributed by atoms with Gasteiger partial charge >= 0.3 is 0 Å². The molecule has 6 heteroatoms. The van der Waals surface area contributed by atoms with Crippen molar-refractivity contribution in [1.82, 2.24) is 5.32 Å². The van der Waals surface area contributed by atoms with Gasteiger partial charge in [0, 0.05) is 33.1 Å². The van der Waals surface area contributed by atoms with Crippen LogP contribution >= 0.6 is 15.9 Å². The largest absolute Gasteiger partial charge is 0.470 e. The maximum Gasteiger partial charge on any atom is 0.269 e. The molecule has 148 valence electrons. The fraction of sp³-hybridized carbons (Fsp3) is 0.0833. The van der Waals surface area contributed by atoms with Crippen LogP contribution in [0.25, 0.3) is 10.8 Å². The molecule has 0 spiro atoms. The molecule has 1 N–H and O–H groups in total. The molecule has 0 aromatic heterocycles. The summed E-state index contributed by atoms with van der Waals surface area (Å²) in [6.07, 6.45) is -0.437. The van der Waals surface area contributed by atoms with Gasteiger partial charge in [-0.1, -0.05) is 64.5 Å². The Bertz CT molecular complexity index is 1260. The molecular formula is C24H17BrN2O3. The Balaban J connectivity index is 1.64. The number of fused-ring (bicyclic) bond motifs is 3. The summed E-state index contributed by atoms with van der Waals surface area (Å²) in [5.41, 5.74) is 3.06. The number of hydrogen-bond donors (Lipinski definition) is 1. The highest BCUT2D eigenvalue weighted by molar-refractivity contribution is 9.10. The Morgan fingerprint density at radius 3 is 2.47 bits per heavy atom. The first-order valence-corrected chi connectivity index (χ1v) is 10.3. The van der Waals surface area contributed by atoms with E-state index in [0.29, 0.717) is 0 Å². The summed E-state index contributed by atoms with van der Waals surface area (Å²) in [7, 11) is 0. The van der Waals surface area contributed by atoms with E-state index in [1.807, 2.05) is 24.3 Å². The van der Waals surface area contributed by atoms with E-state index < -0.39 is 11.2 Å². The molecule has 0 saturated carbocycles. The minimum absolute atomic E-state index is 0.0592. The molecule has 0 bridgehead atoms. The summed E-state index contributed by atoms with van der Waals surface area (Å²) in [6.45, 7) is 0. The highest BCUT2D eigenvalue weighted by atomic mass is 79.9. The third-order valence-electron chi connectivity index (χ3n) is 5.36. The van der Waals surface area contributed by atoms with Crippen LogP contribution in [0, 0.1) is 10.1 Å². The summed E-state index contributed by atoms with van der Waals surface area (Å²) < 4.78 is 7.42. The molecule has 0 saturated heterocycles. The molecule has 0 aliphatic carbocycles. The summed E-state index contributed by atoms with van der Waals surface area (Å²) in [5.74, 6) is 0.833. The standard InChI is InChI=1S/C24H17BrN2O3/c25-18-6-3-5-17(14-18)22-21-13-10-15-4-1-2-7-20(15)23(21)30-24(26-22)16-8-11-19(12-9-16)27(28)29/h1-14,22,24,26H/t22-,24+/m1/s1. The quantitative estimate of drug-likeness (QED) is 0.288. The van der Waals surface area contributed by atoms with Crippen LogP contribution in [0.2, 0.25) is 0 Å². The predicted octanol–water partition coefficient (Wildman–Crippen LogP) is 6.28. The average molecular weight is 461 g/mol. The molecule has 1 aliphatic heterocycles. The van der Waals surface area contributed by atoms with Crippen LogP contribution in [0.15, 0.2) is 89.4 Å². The highest BCUT2D eigenvalue weighted by Gasteiger charge is 2.31. The third-order valence-corrected chi connectivity index (χ3v) is 5.86. The first-order valence-electron chi connectivity index (χ1n) is 9.54. The molecule has 0 fully saturated rings. The van der Waals surface area contributed by atoms with Crippen molar-refractivity contribution in [3.8, 4) is 5.75 Å². The van der Waals surface area contributed by atoms with E-state index in [9.17, 15) is 10.1 Å². The van der Waals surface area contributed by atoms with E-state index in [-0.39, 0.29) is 11.7 Å². The van der Waals surface area contributed by atoms with Crippen LogP contribution in [0.4, 0.5) is 5.69 Å². The number of halogens is 1. The number of rotatable bonds is 3. The van der Waals surface area contributed by atoms with Crippen molar-refractivity contribution in [3.05, 3.63) is 116 Å². The molecule has 5 nitrogen and oxygen atoms in total. The summed E-state index contributed by atoms with van der Waals surface area (Å²) >= 11 is 3.57. The molecule has 5 rings (SSSR count). The lowest BCUT2D eigenvalue weighted by molar-refractivity contribution is -0.384. The second-order valence-corrected chi connectivity index (χ2v) is 8.12. The van der Waals surface area contributed by atoms with Crippen molar-refractivity contribution < 1.29 is 9.66 Å². The van der Waals surface area contributed by atoms with E-state index in [4.69, 9.17) is 4.74 Å². The van der Waals surface area contributed by atoms with Gasteiger partial charge in [-0.3, -0.25) is 15.4 Å². The van der Waals surface area contributed by atoms with Crippen molar-refractivity contribution >= 4 is 32.4 Å². The molecule has 1 aliphatic rings. The number of nitro benzene ring substituents is 1. The van der Waals surface area contributed by atoms with Crippen LogP contribution < -0.4 is 10.1 Å². The number of nitrogens with one attached hydrogen (secondary N) is 1. The molecule has 1 heterocycles. The minimum Gasteiger partial charge on any atom is -0.470 e. The van der Waals surface area contributed by atoms with Gasteiger partial charge in [-0.05, 0) is 35.2 Å². The molecule has 0 radical (unpaired) electrons. The zero-order chi connectivity index (χ0) is 20.7. The number of ether oxygens (including phenoxy) is 1. The topological polar surface area (TPSA) is 64.4 Å². The SMILES string of the molecule is O=[N+]([O-])c1ccc([C@H]2N[C@H](c3cccc(Br)c3)c3ccc4ccccc4c3O2)cc1. The van der Waals surface area contributed by atoms with E-state index in [1.165, 1.54) is 12.1 Å². The zero-order valence-corrected chi connectivity index (χ0v) is 17.4. The van der Waals surface area contributed by atoms with Crippen LogP contribution in [0.1, 0.15) is 29.0 Å². The summed E-state index contributed by atoms with van der Waals surface area (Å²) in [6, 6.07) is 26.9. The monoisotopic (exact) mass is 460 g/mol. The van der Waals surface area contributed by atoms with Crippen molar-refractivity contribution in [1.29, 1.82) is 0 Å². The first kappa shape index (κ1) is 18.8. The Morgan fingerprint density at radius 2 is 1.70 bits per heavy atom. The van der Waals surface area contributed by atoms with Gasteiger partial charge in [-0.15, -0.1) is 0 Å². The summed E-state index contributed by atoms with van der Waals surface area (Å²) in [5, 5.41) is 16.7. The van der Waals surface area contributed by atoms with Crippen molar-refractivity contribution in [2.75, 3.05) is 0 Å². The highest BCUT2D eigenvalue weighted by Crippen LogP contribution is 2.43. The maximum absolute atomic E-state index is 11.0. The second-order valence-electron chi connectivity index (χ2n) is 7.21. The van der Waals surface area contributed by atoms with Gasteiger partial charge in [0.25, 0.3) is 5.69 Å². The summed E-state index contributed by atoms with van der Waals surface area (Å²) in [4.78, 5) is 10.6. The molecule has 2 atom stereocenters. The van der Waals surface area contributed by atoms with Crippen molar-refractivity contribution in [3.63, 3.8) is 0 Å². The fourth-order valence-electron chi connectivity index (χ4n) is 3.91. The molecular weight excluding hydrogens is 444 g/mol. The van der Waals surface area contributed by atoms with Gasteiger partial charge in [0.05, 0.1) is 11.0 Å². The lowest BCUT2D eigenvalue weighted by Gasteiger charge is -2.35. The number of hydrogen-bond acceptors (Lipinski definition) is 4. The zero-order valence-electron chi connectivity index (χ0n) is 15.8. The van der Waals surface area contributed by atoms with Gasteiger partial charge in [0.1, 0.15) is 5.75 Å². The van der Waals surface area contributed by atoms with Gasteiger partial charge in [-0.25, -0.2) is 0 Å². The molecule has 0 amide bonds. The van der Waals surface area contributed by atoms with Gasteiger partial charge in [-0.2, -0.15) is 0 Å². The molecule has 30 heavy (non-hydrogen) atoms. The van der Waals surface area contributed by atoms with Crippen LogP contribution in [-0.4, -0.2) is 4.92 Å². The van der Waals surface area contributed by atoms with Crippen LogP contribution in [0.3, 0.4) is 0 Å². The molecule has 4 aromatic carbocycles. The smallest absolute Gasteiger partial charge is 0.269 e. The number of nitrogens with zero attached hydrogens (tertiary/aromatic N) is 1.